The second-order valence-electron chi connectivity index (χ2n) is 8.60. The van der Waals surface area contributed by atoms with Gasteiger partial charge in [0.1, 0.15) is 6.10 Å². The molecular weight excluding hydrogens is 364 g/mol. The summed E-state index contributed by atoms with van der Waals surface area (Å²) in [6, 6.07) is 7.96. The summed E-state index contributed by atoms with van der Waals surface area (Å²) in [6.07, 6.45) is 6.75. The van der Waals surface area contributed by atoms with E-state index in [9.17, 15) is 4.79 Å². The summed E-state index contributed by atoms with van der Waals surface area (Å²) < 4.78 is 5.46. The number of nitrogens with zero attached hydrogens (tertiary/aromatic N) is 2. The van der Waals surface area contributed by atoms with Gasteiger partial charge in [-0.1, -0.05) is 31.9 Å². The molecule has 3 rings (SSSR count). The summed E-state index contributed by atoms with van der Waals surface area (Å²) >= 11 is 0. The summed E-state index contributed by atoms with van der Waals surface area (Å²) in [7, 11) is 3.95. The van der Waals surface area contributed by atoms with E-state index in [1.165, 1.54) is 25.7 Å². The minimum atomic E-state index is -0.313. The van der Waals surface area contributed by atoms with Crippen LogP contribution in [0.25, 0.3) is 0 Å². The highest BCUT2D eigenvalue weighted by Gasteiger charge is 2.23. The van der Waals surface area contributed by atoms with Crippen molar-refractivity contribution in [2.75, 3.05) is 32.6 Å². The van der Waals surface area contributed by atoms with Crippen molar-refractivity contribution in [2.45, 2.75) is 58.1 Å². The van der Waals surface area contributed by atoms with Crippen molar-refractivity contribution in [3.8, 4) is 0 Å². The van der Waals surface area contributed by atoms with Crippen LogP contribution in [0.4, 0.5) is 5.69 Å². The highest BCUT2D eigenvalue weighted by molar-refractivity contribution is 5.94. The van der Waals surface area contributed by atoms with E-state index in [4.69, 9.17) is 4.74 Å². The van der Waals surface area contributed by atoms with Crippen molar-refractivity contribution in [3.05, 3.63) is 29.8 Å². The lowest BCUT2D eigenvalue weighted by molar-refractivity contribution is -0.124. The molecule has 0 bridgehead atoms. The van der Waals surface area contributed by atoms with Crippen LogP contribution in [0, 0.1) is 11.8 Å². The van der Waals surface area contributed by atoms with Crippen LogP contribution in [0.5, 0.6) is 0 Å². The smallest absolute Gasteiger partial charge is 0.253 e. The van der Waals surface area contributed by atoms with Crippen molar-refractivity contribution in [1.29, 1.82) is 0 Å². The predicted octanol–water partition coefficient (Wildman–Crippen LogP) is 3.64. The van der Waals surface area contributed by atoms with E-state index in [0.717, 1.165) is 48.4 Å². The molecule has 0 spiro atoms. The maximum atomic E-state index is 12.3. The molecule has 1 heterocycles. The molecule has 6 nitrogen and oxygen atoms in total. The molecule has 1 saturated heterocycles. The van der Waals surface area contributed by atoms with E-state index in [1.807, 2.05) is 25.2 Å². The third kappa shape index (κ3) is 6.46. The van der Waals surface area contributed by atoms with Gasteiger partial charge in [-0.15, -0.1) is 0 Å². The Kier molecular flexibility index (Phi) is 7.92. The first kappa shape index (κ1) is 21.6. The number of guanidine groups is 1. The lowest BCUT2D eigenvalue weighted by Gasteiger charge is -2.31. The SMILES string of the molecule is CN=C(NCc1cccc(NC(=O)C2CCCO2)c1)N(C)CC1CCC(C)CC1. The molecule has 1 aliphatic heterocycles. The molecule has 160 valence electrons. The number of hydrogen-bond acceptors (Lipinski definition) is 3. The Morgan fingerprint density at radius 3 is 2.72 bits per heavy atom. The van der Waals surface area contributed by atoms with Crippen LogP contribution in [-0.2, 0) is 16.1 Å². The van der Waals surface area contributed by atoms with Gasteiger partial charge in [-0.3, -0.25) is 9.79 Å². The largest absolute Gasteiger partial charge is 0.368 e. The highest BCUT2D eigenvalue weighted by atomic mass is 16.5. The summed E-state index contributed by atoms with van der Waals surface area (Å²) in [6.45, 7) is 4.75. The Balaban J connectivity index is 1.49. The van der Waals surface area contributed by atoms with Crippen LogP contribution >= 0.6 is 0 Å². The zero-order valence-electron chi connectivity index (χ0n) is 18.1. The molecule has 6 heteroatoms. The van der Waals surface area contributed by atoms with Gasteiger partial charge in [-0.25, -0.2) is 0 Å². The molecule has 0 radical (unpaired) electrons. The van der Waals surface area contributed by atoms with Gasteiger partial charge in [-0.05, 0) is 55.2 Å². The van der Waals surface area contributed by atoms with Crippen molar-refractivity contribution in [2.24, 2.45) is 16.8 Å². The highest BCUT2D eigenvalue weighted by Crippen LogP contribution is 2.28. The summed E-state index contributed by atoms with van der Waals surface area (Å²) in [5, 5.41) is 6.43. The van der Waals surface area contributed by atoms with Crippen LogP contribution < -0.4 is 10.6 Å². The fourth-order valence-electron chi connectivity index (χ4n) is 4.32. The average molecular weight is 401 g/mol. The lowest BCUT2D eigenvalue weighted by atomic mass is 9.83. The van der Waals surface area contributed by atoms with Gasteiger partial charge < -0.3 is 20.3 Å². The molecule has 2 N–H and O–H groups in total. The number of rotatable bonds is 6. The van der Waals surface area contributed by atoms with E-state index >= 15 is 0 Å². The molecule has 1 atom stereocenters. The molecule has 1 amide bonds. The second kappa shape index (κ2) is 10.6. The molecule has 1 aromatic carbocycles. The van der Waals surface area contributed by atoms with Crippen molar-refractivity contribution in [1.82, 2.24) is 10.2 Å². The summed E-state index contributed by atoms with van der Waals surface area (Å²) in [5.41, 5.74) is 1.92. The predicted molar refractivity (Wildman–Crippen MR) is 118 cm³/mol. The van der Waals surface area contributed by atoms with E-state index < -0.39 is 0 Å². The van der Waals surface area contributed by atoms with Gasteiger partial charge in [0.2, 0.25) is 0 Å². The molecule has 1 aromatic rings. The number of hydrogen-bond donors (Lipinski definition) is 2. The van der Waals surface area contributed by atoms with Crippen LogP contribution in [0.1, 0.15) is 51.0 Å². The van der Waals surface area contributed by atoms with Crippen molar-refractivity contribution < 1.29 is 9.53 Å². The summed E-state index contributed by atoms with van der Waals surface area (Å²) in [4.78, 5) is 19.0. The molecule has 1 saturated carbocycles. The monoisotopic (exact) mass is 400 g/mol. The number of amides is 1. The maximum absolute atomic E-state index is 12.3. The van der Waals surface area contributed by atoms with Gasteiger partial charge in [0.15, 0.2) is 5.96 Å². The first-order chi connectivity index (χ1) is 14.0. The quantitative estimate of drug-likeness (QED) is 0.565. The van der Waals surface area contributed by atoms with Gasteiger partial charge in [-0.2, -0.15) is 0 Å². The number of nitrogens with one attached hydrogen (secondary N) is 2. The standard InChI is InChI=1S/C23H36N4O2/c1-17-9-11-18(12-10-17)16-27(3)23(24-2)25-15-19-6-4-7-20(14-19)26-22(28)21-8-5-13-29-21/h4,6-7,14,17-18,21H,5,8-13,15-16H2,1-3H3,(H,24,25)(H,26,28). The fraction of sp³-hybridized carbons (Fsp3) is 0.652. The first-order valence-corrected chi connectivity index (χ1v) is 11.0. The van der Waals surface area contributed by atoms with Gasteiger partial charge in [0.05, 0.1) is 0 Å². The number of benzene rings is 1. The number of carbonyl (C=O) groups is 1. The summed E-state index contributed by atoms with van der Waals surface area (Å²) in [5.74, 6) is 2.50. The third-order valence-corrected chi connectivity index (χ3v) is 6.11. The van der Waals surface area contributed by atoms with Crippen molar-refractivity contribution in [3.63, 3.8) is 0 Å². The molecule has 2 aliphatic rings. The first-order valence-electron chi connectivity index (χ1n) is 11.0. The number of ether oxygens (including phenoxy) is 1. The van der Waals surface area contributed by atoms with Gasteiger partial charge >= 0.3 is 0 Å². The number of aliphatic imine (C=N–C) groups is 1. The van der Waals surface area contributed by atoms with Crippen LogP contribution in [0.3, 0.4) is 0 Å². The molecule has 2 fully saturated rings. The zero-order chi connectivity index (χ0) is 20.6. The minimum absolute atomic E-state index is 0.0510. The van der Waals surface area contributed by atoms with E-state index in [2.05, 4.69) is 40.6 Å². The molecular formula is C23H36N4O2. The topological polar surface area (TPSA) is 66.0 Å². The number of carbonyl (C=O) groups excluding carboxylic acids is 1. The Morgan fingerprint density at radius 1 is 1.24 bits per heavy atom. The zero-order valence-corrected chi connectivity index (χ0v) is 18.1. The van der Waals surface area contributed by atoms with E-state index in [1.54, 1.807) is 0 Å². The lowest BCUT2D eigenvalue weighted by Crippen LogP contribution is -2.41. The van der Waals surface area contributed by atoms with Crippen LogP contribution in [0.15, 0.2) is 29.3 Å². The maximum Gasteiger partial charge on any atom is 0.253 e. The molecule has 1 aliphatic carbocycles. The fourth-order valence-corrected chi connectivity index (χ4v) is 4.32. The molecule has 1 unspecified atom stereocenters. The Hall–Kier alpha value is -2.08. The number of anilines is 1. The minimum Gasteiger partial charge on any atom is -0.368 e. The third-order valence-electron chi connectivity index (χ3n) is 6.11. The normalized spacial score (nSPS) is 24.9. The van der Waals surface area contributed by atoms with E-state index in [-0.39, 0.29) is 12.0 Å². The van der Waals surface area contributed by atoms with Gasteiger partial charge in [0, 0.05) is 39.5 Å². The molecule has 29 heavy (non-hydrogen) atoms. The Labute approximate surface area is 175 Å². The van der Waals surface area contributed by atoms with E-state index in [0.29, 0.717) is 13.2 Å². The van der Waals surface area contributed by atoms with Crippen LogP contribution in [0.2, 0.25) is 0 Å². The van der Waals surface area contributed by atoms with Gasteiger partial charge in [0.25, 0.3) is 5.91 Å². The Bertz CT molecular complexity index is 692. The Morgan fingerprint density at radius 2 is 2.03 bits per heavy atom. The van der Waals surface area contributed by atoms with Crippen LogP contribution in [-0.4, -0.2) is 50.1 Å². The molecule has 0 aromatic heterocycles. The second-order valence-corrected chi connectivity index (χ2v) is 8.60. The average Bonchev–Trinajstić information content (AvgIpc) is 3.26. The van der Waals surface area contributed by atoms with Crippen molar-refractivity contribution >= 4 is 17.6 Å².